The van der Waals surface area contributed by atoms with Gasteiger partial charge in [-0.1, -0.05) is 44.2 Å². The highest BCUT2D eigenvalue weighted by atomic mass is 16.2. The number of aryl methyl sites for hydroxylation is 1. The number of para-hydroxylation sites is 2. The molecule has 144 valence electrons. The summed E-state index contributed by atoms with van der Waals surface area (Å²) in [7, 11) is 0. The van der Waals surface area contributed by atoms with Crippen molar-refractivity contribution >= 4 is 23.2 Å². The molecule has 0 bridgehead atoms. The summed E-state index contributed by atoms with van der Waals surface area (Å²) in [6, 6.07) is 17.9. The van der Waals surface area contributed by atoms with Crippen LogP contribution in [0.2, 0.25) is 0 Å². The molecule has 0 aliphatic rings. The highest BCUT2D eigenvalue weighted by Gasteiger charge is 2.18. The first kappa shape index (κ1) is 19.4. The molecule has 2 N–H and O–H groups in total. The Morgan fingerprint density at radius 3 is 2.07 bits per heavy atom. The number of rotatable bonds is 6. The third kappa shape index (κ3) is 4.28. The van der Waals surface area contributed by atoms with Crippen LogP contribution in [-0.4, -0.2) is 21.6 Å². The number of amides is 2. The monoisotopic (exact) mass is 376 g/mol. The summed E-state index contributed by atoms with van der Waals surface area (Å²) in [4.78, 5) is 25.3. The van der Waals surface area contributed by atoms with Gasteiger partial charge in [-0.3, -0.25) is 14.3 Å². The van der Waals surface area contributed by atoms with Crippen LogP contribution in [0.4, 0.5) is 11.4 Å². The van der Waals surface area contributed by atoms with Crippen molar-refractivity contribution in [3.8, 4) is 0 Å². The predicted octanol–water partition coefficient (Wildman–Crippen LogP) is 4.53. The summed E-state index contributed by atoms with van der Waals surface area (Å²) >= 11 is 0. The molecule has 0 saturated carbocycles. The molecule has 0 aliphatic heterocycles. The number of carbonyl (C=O) groups excluding carboxylic acids is 2. The van der Waals surface area contributed by atoms with Crippen LogP contribution in [0.15, 0.2) is 60.7 Å². The number of nitrogens with zero attached hydrogens (tertiary/aromatic N) is 2. The van der Waals surface area contributed by atoms with Gasteiger partial charge in [0.25, 0.3) is 11.8 Å². The Kier molecular flexibility index (Phi) is 5.89. The molecule has 3 aromatic rings. The zero-order valence-electron chi connectivity index (χ0n) is 16.3. The second-order valence-electron chi connectivity index (χ2n) is 6.74. The van der Waals surface area contributed by atoms with E-state index in [1.807, 2.05) is 45.0 Å². The number of carbonyl (C=O) groups is 2. The molecule has 0 atom stereocenters. The topological polar surface area (TPSA) is 76.0 Å². The first-order valence-corrected chi connectivity index (χ1v) is 9.34. The van der Waals surface area contributed by atoms with E-state index in [1.54, 1.807) is 41.1 Å². The van der Waals surface area contributed by atoms with E-state index in [9.17, 15) is 9.59 Å². The zero-order valence-corrected chi connectivity index (χ0v) is 16.3. The molecule has 0 saturated heterocycles. The quantitative estimate of drug-likeness (QED) is 0.663. The van der Waals surface area contributed by atoms with Gasteiger partial charge >= 0.3 is 0 Å². The Bertz CT molecular complexity index is 977. The molecular formula is C22H24N4O2. The second kappa shape index (κ2) is 8.52. The van der Waals surface area contributed by atoms with Gasteiger partial charge in [0.2, 0.25) is 0 Å². The Morgan fingerprint density at radius 2 is 1.50 bits per heavy atom. The average Bonchev–Trinajstić information content (AvgIpc) is 3.15. The SMILES string of the molecule is CCn1nc(C(C)C)cc1C(=O)Nc1ccccc1NC(=O)c1ccccc1. The number of aromatic nitrogens is 2. The van der Waals surface area contributed by atoms with Crippen LogP contribution in [0, 0.1) is 0 Å². The fourth-order valence-corrected chi connectivity index (χ4v) is 2.81. The van der Waals surface area contributed by atoms with Gasteiger partial charge in [-0.05, 0) is 43.2 Å². The summed E-state index contributed by atoms with van der Waals surface area (Å²) < 4.78 is 1.69. The molecular weight excluding hydrogens is 352 g/mol. The smallest absolute Gasteiger partial charge is 0.273 e. The van der Waals surface area contributed by atoms with Crippen LogP contribution >= 0.6 is 0 Å². The first-order valence-electron chi connectivity index (χ1n) is 9.34. The highest BCUT2D eigenvalue weighted by molar-refractivity contribution is 6.09. The minimum Gasteiger partial charge on any atom is -0.320 e. The maximum absolute atomic E-state index is 12.9. The van der Waals surface area contributed by atoms with Gasteiger partial charge < -0.3 is 10.6 Å². The maximum Gasteiger partial charge on any atom is 0.273 e. The van der Waals surface area contributed by atoms with Crippen molar-refractivity contribution in [3.05, 3.63) is 77.6 Å². The molecule has 1 aromatic heterocycles. The largest absolute Gasteiger partial charge is 0.320 e. The van der Waals surface area contributed by atoms with Gasteiger partial charge in [-0.15, -0.1) is 0 Å². The maximum atomic E-state index is 12.9. The summed E-state index contributed by atoms with van der Waals surface area (Å²) in [6.07, 6.45) is 0. The van der Waals surface area contributed by atoms with Crippen molar-refractivity contribution in [2.75, 3.05) is 10.6 Å². The van der Waals surface area contributed by atoms with E-state index in [0.29, 0.717) is 29.2 Å². The van der Waals surface area contributed by atoms with Gasteiger partial charge in [0.1, 0.15) is 5.69 Å². The summed E-state index contributed by atoms with van der Waals surface area (Å²) in [5, 5.41) is 10.2. The molecule has 0 unspecified atom stereocenters. The molecule has 0 spiro atoms. The van der Waals surface area contributed by atoms with Crippen LogP contribution in [0.3, 0.4) is 0 Å². The number of hydrogen-bond donors (Lipinski definition) is 2. The van der Waals surface area contributed by atoms with Gasteiger partial charge in [-0.25, -0.2) is 0 Å². The lowest BCUT2D eigenvalue weighted by atomic mass is 10.1. The molecule has 0 fully saturated rings. The van der Waals surface area contributed by atoms with Gasteiger partial charge in [-0.2, -0.15) is 5.10 Å². The fourth-order valence-electron chi connectivity index (χ4n) is 2.81. The lowest BCUT2D eigenvalue weighted by Gasteiger charge is -2.12. The Balaban J connectivity index is 1.82. The van der Waals surface area contributed by atoms with E-state index in [1.165, 1.54) is 0 Å². The van der Waals surface area contributed by atoms with Gasteiger partial charge in [0.15, 0.2) is 0 Å². The summed E-state index contributed by atoms with van der Waals surface area (Å²) in [5.41, 5.74) is 2.99. The van der Waals surface area contributed by atoms with Gasteiger partial charge in [0.05, 0.1) is 17.1 Å². The highest BCUT2D eigenvalue weighted by Crippen LogP contribution is 2.23. The number of benzene rings is 2. The van der Waals surface area contributed by atoms with Crippen molar-refractivity contribution in [1.29, 1.82) is 0 Å². The average molecular weight is 376 g/mol. The number of anilines is 2. The molecule has 0 aliphatic carbocycles. The van der Waals surface area contributed by atoms with Crippen LogP contribution in [0.1, 0.15) is 53.2 Å². The van der Waals surface area contributed by atoms with Crippen molar-refractivity contribution in [1.82, 2.24) is 9.78 Å². The lowest BCUT2D eigenvalue weighted by Crippen LogP contribution is -2.19. The molecule has 28 heavy (non-hydrogen) atoms. The zero-order chi connectivity index (χ0) is 20.1. The minimum absolute atomic E-state index is 0.233. The molecule has 2 aromatic carbocycles. The van der Waals surface area contributed by atoms with Crippen molar-refractivity contribution in [3.63, 3.8) is 0 Å². The predicted molar refractivity (Wildman–Crippen MR) is 111 cm³/mol. The first-order chi connectivity index (χ1) is 13.5. The van der Waals surface area contributed by atoms with E-state index in [0.717, 1.165) is 5.69 Å². The third-order valence-electron chi connectivity index (χ3n) is 4.38. The van der Waals surface area contributed by atoms with Crippen molar-refractivity contribution in [2.24, 2.45) is 0 Å². The van der Waals surface area contributed by atoms with Crippen LogP contribution in [0.5, 0.6) is 0 Å². The van der Waals surface area contributed by atoms with Crippen molar-refractivity contribution < 1.29 is 9.59 Å². The molecule has 3 rings (SSSR count). The standard InChI is InChI=1S/C22H24N4O2/c1-4-26-20(14-19(25-26)15(2)3)22(28)24-18-13-9-8-12-17(18)23-21(27)16-10-6-5-7-11-16/h5-15H,4H2,1-3H3,(H,23,27)(H,24,28). The second-order valence-corrected chi connectivity index (χ2v) is 6.74. The van der Waals surface area contributed by atoms with E-state index in [2.05, 4.69) is 15.7 Å². The van der Waals surface area contributed by atoms with Crippen LogP contribution in [-0.2, 0) is 6.54 Å². The third-order valence-corrected chi connectivity index (χ3v) is 4.38. The van der Waals surface area contributed by atoms with Crippen LogP contribution < -0.4 is 10.6 Å². The van der Waals surface area contributed by atoms with Crippen LogP contribution in [0.25, 0.3) is 0 Å². The lowest BCUT2D eigenvalue weighted by molar-refractivity contribution is 0.101. The molecule has 2 amide bonds. The Morgan fingerprint density at radius 1 is 0.929 bits per heavy atom. The number of hydrogen-bond acceptors (Lipinski definition) is 3. The Hall–Kier alpha value is -3.41. The van der Waals surface area contributed by atoms with E-state index < -0.39 is 0 Å². The molecule has 6 heteroatoms. The minimum atomic E-state index is -0.261. The van der Waals surface area contributed by atoms with E-state index in [-0.39, 0.29) is 17.7 Å². The molecule has 0 radical (unpaired) electrons. The summed E-state index contributed by atoms with van der Waals surface area (Å²) in [5.74, 6) is -0.262. The normalized spacial score (nSPS) is 10.7. The Labute approximate surface area is 164 Å². The summed E-state index contributed by atoms with van der Waals surface area (Å²) in [6.45, 7) is 6.63. The van der Waals surface area contributed by atoms with Gasteiger partial charge in [0, 0.05) is 12.1 Å². The molecule has 6 nitrogen and oxygen atoms in total. The van der Waals surface area contributed by atoms with Crippen molar-refractivity contribution in [2.45, 2.75) is 33.2 Å². The van der Waals surface area contributed by atoms with E-state index >= 15 is 0 Å². The fraction of sp³-hybridized carbons (Fsp3) is 0.227. The number of nitrogens with one attached hydrogen (secondary N) is 2. The molecule has 1 heterocycles. The van der Waals surface area contributed by atoms with E-state index in [4.69, 9.17) is 0 Å².